The van der Waals surface area contributed by atoms with Crippen LogP contribution in [0.3, 0.4) is 0 Å². The highest BCUT2D eigenvalue weighted by Crippen LogP contribution is 2.21. The lowest BCUT2D eigenvalue weighted by atomic mass is 10.0. The van der Waals surface area contributed by atoms with Crippen LogP contribution in [0.4, 0.5) is 9.59 Å². The summed E-state index contributed by atoms with van der Waals surface area (Å²) >= 11 is 0. The Morgan fingerprint density at radius 1 is 1.17 bits per heavy atom. The Morgan fingerprint density at radius 3 is 2.50 bits per heavy atom. The summed E-state index contributed by atoms with van der Waals surface area (Å²) in [6.07, 6.45) is 0.772. The molecule has 158 valence electrons. The summed E-state index contributed by atoms with van der Waals surface area (Å²) in [6, 6.07) is 8.35. The van der Waals surface area contributed by atoms with Crippen molar-refractivity contribution >= 4 is 18.0 Å². The third-order valence-electron chi connectivity index (χ3n) is 5.52. The number of carbonyl (C=O) groups is 3. The summed E-state index contributed by atoms with van der Waals surface area (Å²) in [5.41, 5.74) is 1.74. The average molecular weight is 412 g/mol. The lowest BCUT2D eigenvalue weighted by molar-refractivity contribution is -0.137. The van der Waals surface area contributed by atoms with Crippen molar-refractivity contribution in [1.82, 2.24) is 29.8 Å². The van der Waals surface area contributed by atoms with Crippen LogP contribution in [0.5, 0.6) is 0 Å². The van der Waals surface area contributed by atoms with Crippen LogP contribution in [-0.2, 0) is 17.8 Å². The lowest BCUT2D eigenvalue weighted by Crippen LogP contribution is -2.58. The molecular weight excluding hydrogens is 388 g/mol. The maximum Gasteiger partial charge on any atom is 0.405 e. The van der Waals surface area contributed by atoms with E-state index in [0.717, 1.165) is 11.3 Å². The van der Waals surface area contributed by atoms with Crippen molar-refractivity contribution in [3.05, 3.63) is 53.6 Å². The van der Waals surface area contributed by atoms with Gasteiger partial charge in [-0.05, 0) is 12.5 Å². The van der Waals surface area contributed by atoms with Crippen LogP contribution in [0.1, 0.15) is 17.1 Å². The van der Waals surface area contributed by atoms with E-state index in [1.54, 1.807) is 27.6 Å². The highest BCUT2D eigenvalue weighted by molar-refractivity contribution is 5.86. The Morgan fingerprint density at radius 2 is 1.87 bits per heavy atom. The van der Waals surface area contributed by atoms with E-state index in [1.807, 2.05) is 35.3 Å². The molecular formula is C20H24N6O4. The summed E-state index contributed by atoms with van der Waals surface area (Å²) in [7, 11) is 0. The van der Waals surface area contributed by atoms with Gasteiger partial charge in [-0.15, -0.1) is 0 Å². The van der Waals surface area contributed by atoms with E-state index in [9.17, 15) is 19.5 Å². The number of imidazole rings is 1. The molecule has 10 heteroatoms. The zero-order valence-corrected chi connectivity index (χ0v) is 16.7. The van der Waals surface area contributed by atoms with Crippen molar-refractivity contribution in [3.8, 4) is 0 Å². The predicted molar refractivity (Wildman–Crippen MR) is 107 cm³/mol. The molecule has 1 aromatic carbocycles. The molecule has 1 atom stereocenters. The molecule has 10 nitrogen and oxygen atoms in total. The predicted octanol–water partition coefficient (Wildman–Crippen LogP) is 0.913. The summed E-state index contributed by atoms with van der Waals surface area (Å²) in [4.78, 5) is 42.7. The van der Waals surface area contributed by atoms with Gasteiger partial charge in [0, 0.05) is 32.6 Å². The van der Waals surface area contributed by atoms with Gasteiger partial charge in [0.25, 0.3) is 0 Å². The van der Waals surface area contributed by atoms with E-state index < -0.39 is 12.1 Å². The zero-order valence-electron chi connectivity index (χ0n) is 16.7. The van der Waals surface area contributed by atoms with Gasteiger partial charge in [-0.2, -0.15) is 0 Å². The number of hydrogen-bond acceptors (Lipinski definition) is 5. The third-order valence-corrected chi connectivity index (χ3v) is 5.52. The van der Waals surface area contributed by atoms with Gasteiger partial charge in [-0.25, -0.2) is 24.1 Å². The van der Waals surface area contributed by atoms with Crippen LogP contribution >= 0.6 is 0 Å². The Kier molecular flexibility index (Phi) is 5.40. The first-order valence-corrected chi connectivity index (χ1v) is 9.86. The summed E-state index contributed by atoms with van der Waals surface area (Å²) in [6.45, 7) is 4.09. The van der Waals surface area contributed by atoms with Crippen LogP contribution < -0.4 is 5.32 Å². The fraction of sp³-hybridized carbons (Fsp3) is 0.400. The van der Waals surface area contributed by atoms with Crippen LogP contribution in [0.2, 0.25) is 0 Å². The van der Waals surface area contributed by atoms with Crippen molar-refractivity contribution in [3.63, 3.8) is 0 Å². The van der Waals surface area contributed by atoms with Crippen LogP contribution in [0, 0.1) is 6.92 Å². The van der Waals surface area contributed by atoms with Gasteiger partial charge in [0.15, 0.2) is 0 Å². The molecule has 0 saturated carbocycles. The maximum atomic E-state index is 13.0. The maximum absolute atomic E-state index is 13.0. The van der Waals surface area contributed by atoms with Gasteiger partial charge in [-0.1, -0.05) is 30.3 Å². The number of benzene rings is 1. The smallest absolute Gasteiger partial charge is 0.405 e. The summed E-state index contributed by atoms with van der Waals surface area (Å²) < 4.78 is 1.60. The van der Waals surface area contributed by atoms with Gasteiger partial charge in [0.05, 0.1) is 18.4 Å². The van der Waals surface area contributed by atoms with Crippen molar-refractivity contribution in [2.45, 2.75) is 25.9 Å². The highest BCUT2D eigenvalue weighted by Gasteiger charge is 2.36. The number of hydrazine groups is 1. The van der Waals surface area contributed by atoms with Crippen LogP contribution in [0.15, 0.2) is 36.5 Å². The van der Waals surface area contributed by atoms with Gasteiger partial charge in [0.2, 0.25) is 5.91 Å². The number of carboxylic acid groups (broad SMARTS) is 1. The Labute approximate surface area is 173 Å². The Balaban J connectivity index is 1.38. The molecule has 4 rings (SSSR count). The molecule has 2 aromatic rings. The van der Waals surface area contributed by atoms with Gasteiger partial charge in [0.1, 0.15) is 11.9 Å². The minimum Gasteiger partial charge on any atom is -0.465 e. The van der Waals surface area contributed by atoms with Crippen LogP contribution in [0.25, 0.3) is 0 Å². The van der Waals surface area contributed by atoms with Crippen LogP contribution in [-0.4, -0.2) is 79.8 Å². The topological polar surface area (TPSA) is 111 Å². The molecule has 3 heterocycles. The molecule has 1 aromatic heterocycles. The normalized spacial score (nSPS) is 17.7. The molecule has 1 fully saturated rings. The number of nitrogens with zero attached hydrogens (tertiary/aromatic N) is 5. The monoisotopic (exact) mass is 412 g/mol. The molecule has 2 N–H and O–H groups in total. The van der Waals surface area contributed by atoms with Gasteiger partial charge in [-0.3, -0.25) is 9.80 Å². The standard InChI is InChI=1S/C20H24N6O4/c1-14-21-12-16-13-25(20(30)26(14)16)24-9-7-23(8-10-24)18(27)17(22-19(28)29)11-15-5-3-2-4-6-15/h2-6,12,17,22H,7-11,13H2,1H3,(H,28,29)/t17-/m1/s1. The number of fused-ring (bicyclic) bond motifs is 1. The SMILES string of the molecule is Cc1ncc2n1C(=O)N(N1CCN(C(=O)[C@@H](Cc3ccccc3)NC(=O)O)CC1)C2. The second-order valence-electron chi connectivity index (χ2n) is 7.44. The van der Waals surface area contributed by atoms with E-state index in [4.69, 9.17) is 0 Å². The van der Waals surface area contributed by atoms with Crippen molar-refractivity contribution < 1.29 is 19.5 Å². The molecule has 0 bridgehead atoms. The average Bonchev–Trinajstić information content (AvgIpc) is 3.27. The summed E-state index contributed by atoms with van der Waals surface area (Å²) in [5.74, 6) is 0.412. The fourth-order valence-corrected chi connectivity index (χ4v) is 4.00. The van der Waals surface area contributed by atoms with Crippen molar-refractivity contribution in [1.29, 1.82) is 0 Å². The first-order chi connectivity index (χ1) is 14.4. The lowest BCUT2D eigenvalue weighted by Gasteiger charge is -2.39. The van der Waals surface area contributed by atoms with E-state index in [1.165, 1.54) is 0 Å². The number of rotatable bonds is 5. The number of hydrogen-bond donors (Lipinski definition) is 2. The zero-order chi connectivity index (χ0) is 21.3. The summed E-state index contributed by atoms with van der Waals surface area (Å²) in [5, 5.41) is 15.1. The highest BCUT2D eigenvalue weighted by atomic mass is 16.4. The van der Waals surface area contributed by atoms with Crippen molar-refractivity contribution in [2.75, 3.05) is 26.2 Å². The number of aromatic nitrogens is 2. The Bertz CT molecular complexity index is 951. The minimum atomic E-state index is -1.23. The van der Waals surface area contributed by atoms with E-state index in [-0.39, 0.29) is 11.9 Å². The van der Waals surface area contributed by atoms with Gasteiger partial charge >= 0.3 is 12.1 Å². The Hall–Kier alpha value is -3.40. The molecule has 2 aliphatic heterocycles. The fourth-order valence-electron chi connectivity index (χ4n) is 4.00. The van der Waals surface area contributed by atoms with E-state index in [2.05, 4.69) is 10.3 Å². The molecule has 30 heavy (non-hydrogen) atoms. The van der Waals surface area contributed by atoms with E-state index >= 15 is 0 Å². The van der Waals surface area contributed by atoms with Crippen molar-refractivity contribution in [2.24, 2.45) is 0 Å². The molecule has 1 saturated heterocycles. The number of aryl methyl sites for hydroxylation is 1. The molecule has 2 aliphatic rings. The number of amides is 3. The number of nitrogens with one attached hydrogen (secondary N) is 1. The first kappa shape index (κ1) is 19.9. The first-order valence-electron chi connectivity index (χ1n) is 9.86. The third kappa shape index (κ3) is 3.86. The quantitative estimate of drug-likeness (QED) is 0.755. The molecule has 0 unspecified atom stereocenters. The second-order valence-corrected chi connectivity index (χ2v) is 7.44. The number of carbonyl (C=O) groups excluding carboxylic acids is 2. The largest absolute Gasteiger partial charge is 0.465 e. The minimum absolute atomic E-state index is 0.130. The van der Waals surface area contributed by atoms with Gasteiger partial charge < -0.3 is 15.3 Å². The molecule has 0 aliphatic carbocycles. The molecule has 0 radical (unpaired) electrons. The molecule has 0 spiro atoms. The molecule has 3 amide bonds. The second kappa shape index (κ2) is 8.15. The number of piperazine rings is 1. The van der Waals surface area contributed by atoms with E-state index in [0.29, 0.717) is 45.0 Å².